The molecule has 0 radical (unpaired) electrons. The topological polar surface area (TPSA) is 66.0 Å². The minimum Gasteiger partial charge on any atom is -0.477 e. The summed E-state index contributed by atoms with van der Waals surface area (Å²) in [6.45, 7) is 0. The molecule has 2 aromatic carbocycles. The van der Waals surface area contributed by atoms with Crippen molar-refractivity contribution in [1.29, 1.82) is 5.26 Å². The zero-order valence-electron chi connectivity index (χ0n) is 12.5. The van der Waals surface area contributed by atoms with Gasteiger partial charge in [0.05, 0.1) is 5.69 Å². The molecule has 0 fully saturated rings. The Morgan fingerprint density at radius 3 is 2.43 bits per heavy atom. The van der Waals surface area contributed by atoms with E-state index in [2.05, 4.69) is 0 Å². The van der Waals surface area contributed by atoms with E-state index < -0.39 is 5.97 Å². The van der Waals surface area contributed by atoms with Crippen molar-refractivity contribution in [2.75, 3.05) is 0 Å². The van der Waals surface area contributed by atoms with Gasteiger partial charge in [-0.1, -0.05) is 48.5 Å². The monoisotopic (exact) mass is 302 g/mol. The molecule has 3 rings (SSSR count). The Morgan fingerprint density at radius 1 is 1.13 bits per heavy atom. The van der Waals surface area contributed by atoms with Gasteiger partial charge in [0.15, 0.2) is 0 Å². The van der Waals surface area contributed by atoms with E-state index in [0.717, 1.165) is 27.7 Å². The number of nitrogens with zero attached hydrogens (tertiary/aromatic N) is 2. The average molecular weight is 302 g/mol. The molecule has 0 aliphatic rings. The second kappa shape index (κ2) is 5.82. The zero-order valence-corrected chi connectivity index (χ0v) is 12.5. The maximum atomic E-state index is 11.2. The molecule has 1 aromatic heterocycles. The van der Waals surface area contributed by atoms with Crippen LogP contribution in [-0.2, 0) is 11.8 Å². The number of carbonyl (C=O) groups is 1. The van der Waals surface area contributed by atoms with Crippen LogP contribution in [0, 0.1) is 11.3 Å². The number of carboxylic acids is 1. The molecule has 112 valence electrons. The smallest absolute Gasteiger partial charge is 0.346 e. The maximum Gasteiger partial charge on any atom is 0.346 e. The number of fused-ring (bicyclic) bond motifs is 1. The van der Waals surface area contributed by atoms with Crippen LogP contribution in [0.15, 0.2) is 60.2 Å². The van der Waals surface area contributed by atoms with Crippen LogP contribution in [0.25, 0.3) is 28.2 Å². The largest absolute Gasteiger partial charge is 0.477 e. The lowest BCUT2D eigenvalue weighted by Gasteiger charge is -2.06. The zero-order chi connectivity index (χ0) is 16.4. The van der Waals surface area contributed by atoms with Gasteiger partial charge in [-0.3, -0.25) is 0 Å². The normalized spacial score (nSPS) is 11.4. The third-order valence-electron chi connectivity index (χ3n) is 3.83. The van der Waals surface area contributed by atoms with Crippen LogP contribution < -0.4 is 0 Å². The number of hydrogen-bond donors (Lipinski definition) is 1. The lowest BCUT2D eigenvalue weighted by Crippen LogP contribution is -1.98. The minimum absolute atomic E-state index is 0.279. The Balaban J connectivity index is 2.40. The second-order valence-corrected chi connectivity index (χ2v) is 5.18. The summed E-state index contributed by atoms with van der Waals surface area (Å²) >= 11 is 0. The molecule has 0 aliphatic heterocycles. The number of hydrogen-bond acceptors (Lipinski definition) is 2. The molecule has 1 N–H and O–H groups in total. The lowest BCUT2D eigenvalue weighted by atomic mass is 10.0. The fourth-order valence-corrected chi connectivity index (χ4v) is 2.80. The van der Waals surface area contributed by atoms with Crippen LogP contribution in [0.1, 0.15) is 5.56 Å². The minimum atomic E-state index is -1.22. The molecule has 23 heavy (non-hydrogen) atoms. The van der Waals surface area contributed by atoms with E-state index in [-0.39, 0.29) is 5.57 Å². The Morgan fingerprint density at radius 2 is 1.78 bits per heavy atom. The molecule has 3 aromatic rings. The van der Waals surface area contributed by atoms with Crippen molar-refractivity contribution in [3.05, 3.63) is 65.7 Å². The number of rotatable bonds is 3. The third-order valence-corrected chi connectivity index (χ3v) is 3.83. The molecule has 0 unspecified atom stereocenters. The predicted octanol–water partition coefficient (Wildman–Crippen LogP) is 3.84. The highest BCUT2D eigenvalue weighted by Crippen LogP contribution is 2.34. The first kappa shape index (κ1) is 14.6. The standard InChI is InChI=1S/C19H14N2O2/c1-21-17-10-6-5-9-15(17)16(11-14(12-20)19(22)23)18(21)13-7-3-2-4-8-13/h2-11H,1H3,(H,22,23)/b14-11+. The maximum absolute atomic E-state index is 11.2. The van der Waals surface area contributed by atoms with Crippen LogP contribution in [0.4, 0.5) is 0 Å². The average Bonchev–Trinajstić information content (AvgIpc) is 2.85. The number of carboxylic acid groups (broad SMARTS) is 1. The Hall–Kier alpha value is -3.32. The van der Waals surface area contributed by atoms with Gasteiger partial charge in [0.25, 0.3) is 0 Å². The Labute approximate surface area is 133 Å². The van der Waals surface area contributed by atoms with Gasteiger partial charge in [0.1, 0.15) is 11.6 Å². The lowest BCUT2D eigenvalue weighted by molar-refractivity contribution is -0.132. The van der Waals surface area contributed by atoms with Crippen molar-refractivity contribution >= 4 is 22.9 Å². The van der Waals surface area contributed by atoms with Gasteiger partial charge >= 0.3 is 5.97 Å². The fraction of sp³-hybridized carbons (Fsp3) is 0.0526. The number of nitriles is 1. The molecule has 0 aliphatic carbocycles. The first-order valence-electron chi connectivity index (χ1n) is 7.11. The molecule has 0 saturated heterocycles. The van der Waals surface area contributed by atoms with Gasteiger partial charge in [-0.25, -0.2) is 4.79 Å². The van der Waals surface area contributed by atoms with Crippen molar-refractivity contribution in [3.8, 4) is 17.3 Å². The number of aromatic nitrogens is 1. The van der Waals surface area contributed by atoms with Crippen LogP contribution in [0.5, 0.6) is 0 Å². The highest BCUT2D eigenvalue weighted by atomic mass is 16.4. The van der Waals surface area contributed by atoms with Crippen molar-refractivity contribution in [2.24, 2.45) is 7.05 Å². The Bertz CT molecular complexity index is 960. The van der Waals surface area contributed by atoms with E-state index in [1.54, 1.807) is 6.07 Å². The van der Waals surface area contributed by atoms with E-state index in [9.17, 15) is 9.90 Å². The summed E-state index contributed by atoms with van der Waals surface area (Å²) in [5, 5.41) is 19.2. The number of aliphatic carboxylic acids is 1. The molecule has 4 nitrogen and oxygen atoms in total. The summed E-state index contributed by atoms with van der Waals surface area (Å²) < 4.78 is 2.02. The van der Waals surface area contributed by atoms with Gasteiger partial charge in [-0.05, 0) is 17.7 Å². The van der Waals surface area contributed by atoms with E-state index >= 15 is 0 Å². The molecule has 0 amide bonds. The SMILES string of the molecule is Cn1c(-c2ccccc2)c(/C=C(\C#N)C(=O)O)c2ccccc21. The van der Waals surface area contributed by atoms with Gasteiger partial charge in [0.2, 0.25) is 0 Å². The Kier molecular flexibility index (Phi) is 3.70. The molecule has 0 spiro atoms. The van der Waals surface area contributed by atoms with Crippen LogP contribution >= 0.6 is 0 Å². The van der Waals surface area contributed by atoms with E-state index in [1.807, 2.05) is 66.2 Å². The summed E-state index contributed by atoms with van der Waals surface area (Å²) in [5.74, 6) is -1.22. The highest BCUT2D eigenvalue weighted by Gasteiger charge is 2.17. The molecule has 0 saturated carbocycles. The quantitative estimate of drug-likeness (QED) is 0.590. The van der Waals surface area contributed by atoms with Gasteiger partial charge in [0, 0.05) is 23.5 Å². The van der Waals surface area contributed by atoms with Gasteiger partial charge in [-0.2, -0.15) is 5.26 Å². The number of para-hydroxylation sites is 1. The van der Waals surface area contributed by atoms with Crippen molar-refractivity contribution < 1.29 is 9.90 Å². The first-order valence-corrected chi connectivity index (χ1v) is 7.11. The summed E-state index contributed by atoms with van der Waals surface area (Å²) in [5.41, 5.74) is 3.31. The summed E-state index contributed by atoms with van der Waals surface area (Å²) in [6.07, 6.45) is 1.45. The first-order chi connectivity index (χ1) is 11.1. The van der Waals surface area contributed by atoms with E-state index in [4.69, 9.17) is 5.26 Å². The molecule has 0 bridgehead atoms. The number of benzene rings is 2. The van der Waals surface area contributed by atoms with Gasteiger partial charge < -0.3 is 9.67 Å². The third kappa shape index (κ3) is 2.49. The molecule has 0 atom stereocenters. The summed E-state index contributed by atoms with van der Waals surface area (Å²) in [6, 6.07) is 19.2. The van der Waals surface area contributed by atoms with Crippen molar-refractivity contribution in [3.63, 3.8) is 0 Å². The fourth-order valence-electron chi connectivity index (χ4n) is 2.80. The van der Waals surface area contributed by atoms with Crippen molar-refractivity contribution in [1.82, 2.24) is 4.57 Å². The summed E-state index contributed by atoms with van der Waals surface area (Å²) in [7, 11) is 1.94. The predicted molar refractivity (Wildman–Crippen MR) is 89.6 cm³/mol. The van der Waals surface area contributed by atoms with Crippen molar-refractivity contribution in [2.45, 2.75) is 0 Å². The van der Waals surface area contributed by atoms with E-state index in [1.165, 1.54) is 6.08 Å². The van der Waals surface area contributed by atoms with E-state index in [0.29, 0.717) is 0 Å². The van der Waals surface area contributed by atoms with Crippen LogP contribution in [-0.4, -0.2) is 15.6 Å². The van der Waals surface area contributed by atoms with Crippen LogP contribution in [0.2, 0.25) is 0 Å². The van der Waals surface area contributed by atoms with Crippen LogP contribution in [0.3, 0.4) is 0 Å². The molecule has 1 heterocycles. The number of aryl methyl sites for hydroxylation is 1. The second-order valence-electron chi connectivity index (χ2n) is 5.18. The van der Waals surface area contributed by atoms with Gasteiger partial charge in [-0.15, -0.1) is 0 Å². The molecule has 4 heteroatoms. The molecular weight excluding hydrogens is 288 g/mol. The molecular formula is C19H14N2O2. The highest BCUT2D eigenvalue weighted by molar-refractivity contribution is 6.04. The summed E-state index contributed by atoms with van der Waals surface area (Å²) in [4.78, 5) is 11.2.